The molecule has 7 heteroatoms. The summed E-state index contributed by atoms with van der Waals surface area (Å²) in [5, 5.41) is 3.67. The third-order valence-corrected chi connectivity index (χ3v) is 6.78. The molecule has 0 radical (unpaired) electrons. The van der Waals surface area contributed by atoms with E-state index < -0.39 is 0 Å². The molecular weight excluding hydrogens is 378 g/mol. The second-order valence-electron chi connectivity index (χ2n) is 6.81. The number of hydrogen-bond donors (Lipinski definition) is 2. The van der Waals surface area contributed by atoms with Crippen molar-refractivity contribution in [2.75, 3.05) is 11.1 Å². The number of aromatic amines is 1. The number of aromatic nitrogens is 2. The molecule has 1 aliphatic rings. The molecule has 1 amide bonds. The van der Waals surface area contributed by atoms with E-state index in [1.165, 1.54) is 28.6 Å². The Morgan fingerprint density at radius 1 is 1.33 bits per heavy atom. The molecule has 2 N–H and O–H groups in total. The number of anilines is 1. The van der Waals surface area contributed by atoms with Crippen LogP contribution in [0.1, 0.15) is 34.7 Å². The van der Waals surface area contributed by atoms with Gasteiger partial charge >= 0.3 is 0 Å². The number of carbonyl (C=O) groups is 1. The maximum atomic E-state index is 12.5. The Labute approximate surface area is 165 Å². The van der Waals surface area contributed by atoms with Crippen LogP contribution in [0.2, 0.25) is 0 Å². The SMILES string of the molecule is Cc1cccc(NC(=O)CSCc2nc3sc4c(c3c(=O)[nH]2)CCCC4)c1. The molecule has 140 valence electrons. The van der Waals surface area contributed by atoms with Gasteiger partial charge < -0.3 is 10.3 Å². The minimum Gasteiger partial charge on any atom is -0.325 e. The molecule has 4 rings (SSSR count). The number of thiophene rings is 1. The molecule has 3 aromatic rings. The topological polar surface area (TPSA) is 74.8 Å². The lowest BCUT2D eigenvalue weighted by atomic mass is 9.97. The van der Waals surface area contributed by atoms with Crippen LogP contribution in [0.5, 0.6) is 0 Å². The Morgan fingerprint density at radius 2 is 2.19 bits per heavy atom. The van der Waals surface area contributed by atoms with Gasteiger partial charge in [0.2, 0.25) is 5.91 Å². The van der Waals surface area contributed by atoms with Crippen molar-refractivity contribution in [3.05, 3.63) is 56.4 Å². The maximum Gasteiger partial charge on any atom is 0.259 e. The number of nitrogens with zero attached hydrogens (tertiary/aromatic N) is 1. The van der Waals surface area contributed by atoms with Crippen LogP contribution in [-0.2, 0) is 23.4 Å². The minimum atomic E-state index is -0.0550. The molecule has 0 atom stereocenters. The van der Waals surface area contributed by atoms with Crippen molar-refractivity contribution in [2.45, 2.75) is 38.4 Å². The zero-order chi connectivity index (χ0) is 18.8. The van der Waals surface area contributed by atoms with Crippen LogP contribution in [-0.4, -0.2) is 21.6 Å². The summed E-state index contributed by atoms with van der Waals surface area (Å²) < 4.78 is 0. The van der Waals surface area contributed by atoms with E-state index >= 15 is 0 Å². The summed E-state index contributed by atoms with van der Waals surface area (Å²) in [7, 11) is 0. The van der Waals surface area contributed by atoms with E-state index in [0.29, 0.717) is 17.3 Å². The number of thioether (sulfide) groups is 1. The highest BCUT2D eigenvalue weighted by Crippen LogP contribution is 2.33. The number of fused-ring (bicyclic) bond motifs is 3. The van der Waals surface area contributed by atoms with E-state index in [-0.39, 0.29) is 11.5 Å². The third kappa shape index (κ3) is 4.09. The number of aryl methyl sites for hydroxylation is 3. The predicted molar refractivity (Wildman–Crippen MR) is 113 cm³/mol. The van der Waals surface area contributed by atoms with Crippen molar-refractivity contribution < 1.29 is 4.79 Å². The van der Waals surface area contributed by atoms with Crippen LogP contribution in [0.15, 0.2) is 29.1 Å². The first-order valence-corrected chi connectivity index (χ1v) is 11.0. The molecule has 27 heavy (non-hydrogen) atoms. The fourth-order valence-corrected chi connectivity index (χ4v) is 5.41. The standard InChI is InChI=1S/C20H21N3O2S2/c1-12-5-4-6-13(9-12)21-17(24)11-26-10-16-22-19(25)18-14-7-2-3-8-15(14)27-20(18)23-16/h4-6,9H,2-3,7-8,10-11H2,1H3,(H,21,24)(H,22,23,25). The van der Waals surface area contributed by atoms with Gasteiger partial charge in [-0.25, -0.2) is 4.98 Å². The fraction of sp³-hybridized carbons (Fsp3) is 0.350. The van der Waals surface area contributed by atoms with Crippen LogP contribution in [0.25, 0.3) is 10.2 Å². The lowest BCUT2D eigenvalue weighted by molar-refractivity contribution is -0.113. The number of H-pyrrole nitrogens is 1. The molecule has 5 nitrogen and oxygen atoms in total. The molecule has 0 spiro atoms. The lowest BCUT2D eigenvalue weighted by Crippen LogP contribution is -2.15. The van der Waals surface area contributed by atoms with E-state index in [2.05, 4.69) is 15.3 Å². The number of amides is 1. The average molecular weight is 400 g/mol. The van der Waals surface area contributed by atoms with Gasteiger partial charge in [0.05, 0.1) is 16.9 Å². The van der Waals surface area contributed by atoms with Crippen molar-refractivity contribution in [3.63, 3.8) is 0 Å². The van der Waals surface area contributed by atoms with Crippen LogP contribution in [0.3, 0.4) is 0 Å². The smallest absolute Gasteiger partial charge is 0.259 e. The second-order valence-corrected chi connectivity index (χ2v) is 8.88. The monoisotopic (exact) mass is 399 g/mol. The van der Waals surface area contributed by atoms with E-state index in [9.17, 15) is 9.59 Å². The number of carbonyl (C=O) groups excluding carboxylic acids is 1. The van der Waals surface area contributed by atoms with Crippen LogP contribution in [0, 0.1) is 6.92 Å². The van der Waals surface area contributed by atoms with Gasteiger partial charge in [0.25, 0.3) is 5.56 Å². The maximum absolute atomic E-state index is 12.5. The molecule has 0 saturated carbocycles. The summed E-state index contributed by atoms with van der Waals surface area (Å²) in [6.45, 7) is 1.99. The fourth-order valence-electron chi connectivity index (χ4n) is 3.44. The molecule has 0 bridgehead atoms. The van der Waals surface area contributed by atoms with Gasteiger partial charge in [-0.15, -0.1) is 23.1 Å². The molecular formula is C20H21N3O2S2. The molecule has 0 fully saturated rings. The van der Waals surface area contributed by atoms with E-state index in [0.717, 1.165) is 40.7 Å². The summed E-state index contributed by atoms with van der Waals surface area (Å²) in [4.78, 5) is 34.3. The summed E-state index contributed by atoms with van der Waals surface area (Å²) in [5.41, 5.74) is 3.07. The Balaban J connectivity index is 1.40. The van der Waals surface area contributed by atoms with Crippen molar-refractivity contribution in [3.8, 4) is 0 Å². The van der Waals surface area contributed by atoms with Gasteiger partial charge in [0.1, 0.15) is 10.7 Å². The highest BCUT2D eigenvalue weighted by molar-refractivity contribution is 7.99. The van der Waals surface area contributed by atoms with Crippen LogP contribution in [0.4, 0.5) is 5.69 Å². The van der Waals surface area contributed by atoms with Gasteiger partial charge in [-0.2, -0.15) is 0 Å². The Bertz CT molecular complexity index is 1060. The summed E-state index contributed by atoms with van der Waals surface area (Å²) in [5.74, 6) is 1.41. The van der Waals surface area contributed by atoms with Crippen molar-refractivity contribution in [1.82, 2.24) is 9.97 Å². The molecule has 0 unspecified atom stereocenters. The largest absolute Gasteiger partial charge is 0.325 e. The molecule has 0 saturated heterocycles. The highest BCUT2D eigenvalue weighted by Gasteiger charge is 2.19. The zero-order valence-corrected chi connectivity index (χ0v) is 16.8. The molecule has 0 aliphatic heterocycles. The zero-order valence-electron chi connectivity index (χ0n) is 15.1. The Hall–Kier alpha value is -2.12. The number of benzene rings is 1. The highest BCUT2D eigenvalue weighted by atomic mass is 32.2. The minimum absolute atomic E-state index is 0.0424. The van der Waals surface area contributed by atoms with Gasteiger partial charge in [0, 0.05) is 10.6 Å². The first-order valence-electron chi connectivity index (χ1n) is 9.08. The molecule has 2 heterocycles. The molecule has 1 aromatic carbocycles. The Kier molecular flexibility index (Phi) is 5.31. The number of hydrogen-bond acceptors (Lipinski definition) is 5. The van der Waals surface area contributed by atoms with Gasteiger partial charge in [0.15, 0.2) is 0 Å². The predicted octanol–water partition coefficient (Wildman–Crippen LogP) is 4.04. The normalized spacial score (nSPS) is 13.5. The first-order chi connectivity index (χ1) is 13.1. The van der Waals surface area contributed by atoms with Gasteiger partial charge in [-0.1, -0.05) is 12.1 Å². The second kappa shape index (κ2) is 7.86. The summed E-state index contributed by atoms with van der Waals surface area (Å²) >= 11 is 3.10. The first kappa shape index (κ1) is 18.3. The van der Waals surface area contributed by atoms with Crippen molar-refractivity contribution in [2.24, 2.45) is 0 Å². The third-order valence-electron chi connectivity index (χ3n) is 4.65. The molecule has 2 aromatic heterocycles. The summed E-state index contributed by atoms with van der Waals surface area (Å²) in [6, 6.07) is 7.72. The number of nitrogens with one attached hydrogen (secondary N) is 2. The summed E-state index contributed by atoms with van der Waals surface area (Å²) in [6.07, 6.45) is 4.37. The van der Waals surface area contributed by atoms with Crippen molar-refractivity contribution >= 4 is 44.9 Å². The van der Waals surface area contributed by atoms with E-state index in [1.54, 1.807) is 11.3 Å². The van der Waals surface area contributed by atoms with Crippen LogP contribution < -0.4 is 10.9 Å². The van der Waals surface area contributed by atoms with Gasteiger partial charge in [-0.3, -0.25) is 9.59 Å². The van der Waals surface area contributed by atoms with Crippen molar-refractivity contribution in [1.29, 1.82) is 0 Å². The quantitative estimate of drug-likeness (QED) is 0.679. The number of rotatable bonds is 5. The van der Waals surface area contributed by atoms with E-state index in [1.807, 2.05) is 31.2 Å². The van der Waals surface area contributed by atoms with Crippen LogP contribution >= 0.6 is 23.1 Å². The Morgan fingerprint density at radius 3 is 3.04 bits per heavy atom. The van der Waals surface area contributed by atoms with E-state index in [4.69, 9.17) is 0 Å². The average Bonchev–Trinajstić information content (AvgIpc) is 3.00. The molecule has 1 aliphatic carbocycles. The van der Waals surface area contributed by atoms with Gasteiger partial charge in [-0.05, 0) is 55.9 Å². The lowest BCUT2D eigenvalue weighted by Gasteiger charge is -2.09.